The SMILES string of the molecule is COc1cc(C(=O)OCC(=O)N(C)Cc2cccs2)ccc1OCc1ccccc1Cl. The zero-order chi connectivity index (χ0) is 22.2. The van der Waals surface area contributed by atoms with Crippen molar-refractivity contribution in [2.45, 2.75) is 13.2 Å². The van der Waals surface area contributed by atoms with Crippen LogP contribution in [0.5, 0.6) is 11.5 Å². The van der Waals surface area contributed by atoms with Crippen LogP contribution in [0.25, 0.3) is 0 Å². The second-order valence-electron chi connectivity index (χ2n) is 6.65. The Kier molecular flexibility index (Phi) is 7.92. The first-order valence-electron chi connectivity index (χ1n) is 9.45. The van der Waals surface area contributed by atoms with Gasteiger partial charge < -0.3 is 19.1 Å². The minimum atomic E-state index is -0.617. The second-order valence-corrected chi connectivity index (χ2v) is 8.09. The third kappa shape index (κ3) is 6.23. The maximum atomic E-state index is 12.4. The number of thiophene rings is 1. The third-order valence-corrected chi connectivity index (χ3v) is 5.70. The quantitative estimate of drug-likeness (QED) is 0.430. The van der Waals surface area contributed by atoms with Gasteiger partial charge in [0.15, 0.2) is 18.1 Å². The van der Waals surface area contributed by atoms with E-state index in [9.17, 15) is 9.59 Å². The summed E-state index contributed by atoms with van der Waals surface area (Å²) >= 11 is 7.71. The van der Waals surface area contributed by atoms with Crippen molar-refractivity contribution in [3.63, 3.8) is 0 Å². The molecule has 0 aliphatic rings. The first-order valence-corrected chi connectivity index (χ1v) is 10.7. The molecule has 0 radical (unpaired) electrons. The molecule has 0 aliphatic heterocycles. The Balaban J connectivity index is 1.57. The Labute approximate surface area is 189 Å². The van der Waals surface area contributed by atoms with Crippen LogP contribution in [0.15, 0.2) is 60.0 Å². The molecule has 1 aromatic heterocycles. The standard InChI is InChI=1S/C23H22ClNO5S/c1-25(13-18-7-5-11-31-18)22(26)15-30-23(27)16-9-10-20(21(12-16)28-2)29-14-17-6-3-4-8-19(17)24/h3-12H,13-15H2,1-2H3. The number of halogens is 1. The van der Waals surface area contributed by atoms with Crippen molar-refractivity contribution in [3.05, 3.63) is 81.0 Å². The minimum Gasteiger partial charge on any atom is -0.493 e. The molecule has 0 N–H and O–H groups in total. The van der Waals surface area contributed by atoms with Gasteiger partial charge in [-0.25, -0.2) is 4.79 Å². The Hall–Kier alpha value is -3.03. The van der Waals surface area contributed by atoms with Gasteiger partial charge >= 0.3 is 5.97 Å². The second kappa shape index (κ2) is 10.8. The highest BCUT2D eigenvalue weighted by Crippen LogP contribution is 2.30. The van der Waals surface area contributed by atoms with Gasteiger partial charge in [0.05, 0.1) is 19.2 Å². The van der Waals surface area contributed by atoms with Crippen molar-refractivity contribution in [1.29, 1.82) is 0 Å². The molecule has 0 unspecified atom stereocenters. The summed E-state index contributed by atoms with van der Waals surface area (Å²) < 4.78 is 16.3. The first kappa shape index (κ1) is 22.7. The van der Waals surface area contributed by atoms with Gasteiger partial charge in [0.25, 0.3) is 5.91 Å². The Morgan fingerprint density at radius 1 is 1.06 bits per heavy atom. The Morgan fingerprint density at radius 3 is 2.58 bits per heavy atom. The summed E-state index contributed by atoms with van der Waals surface area (Å²) in [6.07, 6.45) is 0. The van der Waals surface area contributed by atoms with E-state index >= 15 is 0 Å². The summed E-state index contributed by atoms with van der Waals surface area (Å²) in [5.74, 6) is -0.0596. The molecular formula is C23H22ClNO5S. The van der Waals surface area contributed by atoms with Crippen LogP contribution in [0.2, 0.25) is 5.02 Å². The number of benzene rings is 2. The van der Waals surface area contributed by atoms with Gasteiger partial charge in [-0.05, 0) is 35.7 Å². The number of likely N-dealkylation sites (N-methyl/N-ethyl adjacent to an activating group) is 1. The highest BCUT2D eigenvalue weighted by Gasteiger charge is 2.16. The zero-order valence-electron chi connectivity index (χ0n) is 17.2. The molecule has 3 rings (SSSR count). The van der Waals surface area contributed by atoms with E-state index in [4.69, 9.17) is 25.8 Å². The molecule has 0 atom stereocenters. The Bertz CT molecular complexity index is 1040. The van der Waals surface area contributed by atoms with Crippen molar-refractivity contribution >= 4 is 34.8 Å². The average molecular weight is 460 g/mol. The molecule has 31 heavy (non-hydrogen) atoms. The first-order chi connectivity index (χ1) is 15.0. The third-order valence-electron chi connectivity index (χ3n) is 4.47. The van der Waals surface area contributed by atoms with Crippen LogP contribution in [-0.2, 0) is 22.7 Å². The van der Waals surface area contributed by atoms with Gasteiger partial charge in [-0.15, -0.1) is 11.3 Å². The number of nitrogens with zero attached hydrogens (tertiary/aromatic N) is 1. The molecule has 0 spiro atoms. The maximum Gasteiger partial charge on any atom is 0.338 e. The zero-order valence-corrected chi connectivity index (χ0v) is 18.7. The fraction of sp³-hybridized carbons (Fsp3) is 0.217. The topological polar surface area (TPSA) is 65.1 Å². The summed E-state index contributed by atoms with van der Waals surface area (Å²) in [4.78, 5) is 27.2. The van der Waals surface area contributed by atoms with Gasteiger partial charge in [-0.3, -0.25) is 4.79 Å². The number of rotatable bonds is 9. The van der Waals surface area contributed by atoms with Crippen molar-refractivity contribution < 1.29 is 23.8 Å². The lowest BCUT2D eigenvalue weighted by Crippen LogP contribution is -2.30. The van der Waals surface area contributed by atoms with E-state index in [0.717, 1.165) is 10.4 Å². The number of hydrogen-bond acceptors (Lipinski definition) is 6. The van der Waals surface area contributed by atoms with E-state index in [1.165, 1.54) is 18.1 Å². The van der Waals surface area contributed by atoms with E-state index in [2.05, 4.69) is 0 Å². The molecule has 0 aliphatic carbocycles. The number of amides is 1. The number of esters is 1. The summed E-state index contributed by atoms with van der Waals surface area (Å²) in [6.45, 7) is 0.387. The van der Waals surface area contributed by atoms with E-state index < -0.39 is 5.97 Å². The van der Waals surface area contributed by atoms with Crippen LogP contribution in [0.4, 0.5) is 0 Å². The van der Waals surface area contributed by atoms with Crippen molar-refractivity contribution in [1.82, 2.24) is 4.90 Å². The molecule has 3 aromatic rings. The van der Waals surface area contributed by atoms with E-state index in [0.29, 0.717) is 23.1 Å². The average Bonchev–Trinajstić information content (AvgIpc) is 3.29. The number of ether oxygens (including phenoxy) is 3. The van der Waals surface area contributed by atoms with E-state index in [-0.39, 0.29) is 24.7 Å². The molecule has 0 saturated carbocycles. The number of hydrogen-bond donors (Lipinski definition) is 0. The fourth-order valence-electron chi connectivity index (χ4n) is 2.73. The summed E-state index contributed by atoms with van der Waals surface area (Å²) in [7, 11) is 3.15. The van der Waals surface area contributed by atoms with Crippen molar-refractivity contribution in [3.8, 4) is 11.5 Å². The molecule has 1 amide bonds. The number of methoxy groups -OCH3 is 1. The summed E-state index contributed by atoms with van der Waals surface area (Å²) in [5, 5.41) is 2.55. The summed E-state index contributed by atoms with van der Waals surface area (Å²) in [5.41, 5.74) is 1.09. The van der Waals surface area contributed by atoms with Gasteiger partial charge in [-0.2, -0.15) is 0 Å². The normalized spacial score (nSPS) is 10.4. The van der Waals surface area contributed by atoms with Crippen LogP contribution in [0.1, 0.15) is 20.8 Å². The monoisotopic (exact) mass is 459 g/mol. The lowest BCUT2D eigenvalue weighted by Gasteiger charge is -2.16. The van der Waals surface area contributed by atoms with E-state index in [1.54, 1.807) is 36.6 Å². The van der Waals surface area contributed by atoms with Gasteiger partial charge in [0.1, 0.15) is 6.61 Å². The maximum absolute atomic E-state index is 12.4. The molecule has 0 bridgehead atoms. The lowest BCUT2D eigenvalue weighted by molar-refractivity contribution is -0.133. The molecule has 1 heterocycles. The Morgan fingerprint density at radius 2 is 1.87 bits per heavy atom. The minimum absolute atomic E-state index is 0.255. The molecule has 8 heteroatoms. The van der Waals surface area contributed by atoms with Crippen molar-refractivity contribution in [2.75, 3.05) is 20.8 Å². The smallest absolute Gasteiger partial charge is 0.338 e. The predicted octanol–water partition coefficient (Wildman–Crippen LogP) is 4.80. The summed E-state index contributed by atoms with van der Waals surface area (Å²) in [6, 6.07) is 15.9. The molecule has 6 nitrogen and oxygen atoms in total. The van der Waals surface area contributed by atoms with Gasteiger partial charge in [0.2, 0.25) is 0 Å². The highest BCUT2D eigenvalue weighted by atomic mass is 35.5. The largest absolute Gasteiger partial charge is 0.493 e. The predicted molar refractivity (Wildman–Crippen MR) is 120 cm³/mol. The van der Waals surface area contributed by atoms with Crippen LogP contribution in [0, 0.1) is 0 Å². The lowest BCUT2D eigenvalue weighted by atomic mass is 10.2. The van der Waals surface area contributed by atoms with Gasteiger partial charge in [-0.1, -0.05) is 35.9 Å². The molecule has 2 aromatic carbocycles. The highest BCUT2D eigenvalue weighted by molar-refractivity contribution is 7.09. The van der Waals surface area contributed by atoms with Crippen molar-refractivity contribution in [2.24, 2.45) is 0 Å². The van der Waals surface area contributed by atoms with Crippen LogP contribution >= 0.6 is 22.9 Å². The number of carbonyl (C=O) groups excluding carboxylic acids is 2. The molecule has 162 valence electrons. The van der Waals surface area contributed by atoms with E-state index in [1.807, 2.05) is 35.7 Å². The van der Waals surface area contributed by atoms with Gasteiger partial charge in [0, 0.05) is 22.5 Å². The van der Waals surface area contributed by atoms with Crippen LogP contribution < -0.4 is 9.47 Å². The van der Waals surface area contributed by atoms with Crippen LogP contribution in [-0.4, -0.2) is 37.5 Å². The molecule has 0 fully saturated rings. The molecular weight excluding hydrogens is 438 g/mol. The molecule has 0 saturated heterocycles. The number of carbonyl (C=O) groups is 2. The fourth-order valence-corrected chi connectivity index (χ4v) is 3.68. The van der Waals surface area contributed by atoms with Crippen LogP contribution in [0.3, 0.4) is 0 Å².